The lowest BCUT2D eigenvalue weighted by molar-refractivity contribution is -0.123. The second kappa shape index (κ2) is 6.72. The number of rotatable bonds is 8. The van der Waals surface area contributed by atoms with Crippen LogP contribution in [0.5, 0.6) is 0 Å². The fourth-order valence-corrected chi connectivity index (χ4v) is 2.06. The summed E-state index contributed by atoms with van der Waals surface area (Å²) in [6.07, 6.45) is 3.10. The van der Waals surface area contributed by atoms with E-state index in [1.165, 1.54) is 0 Å². The van der Waals surface area contributed by atoms with Crippen molar-refractivity contribution in [3.63, 3.8) is 0 Å². The minimum Gasteiger partial charge on any atom is -0.337 e. The predicted molar refractivity (Wildman–Crippen MR) is 70.9 cm³/mol. The van der Waals surface area contributed by atoms with Crippen LogP contribution in [0.25, 0.3) is 0 Å². The van der Waals surface area contributed by atoms with E-state index in [1.54, 1.807) is 0 Å². The van der Waals surface area contributed by atoms with Crippen LogP contribution in [0.15, 0.2) is 0 Å². The fourth-order valence-electron chi connectivity index (χ4n) is 2.06. The Kier molecular flexibility index (Phi) is 5.57. The summed E-state index contributed by atoms with van der Waals surface area (Å²) in [6, 6.07) is 2.24. The van der Waals surface area contributed by atoms with Crippen molar-refractivity contribution in [1.82, 2.24) is 15.5 Å². The maximum absolute atomic E-state index is 11.9. The van der Waals surface area contributed by atoms with Crippen LogP contribution in [0.3, 0.4) is 0 Å². The smallest absolute Gasteiger partial charge is 0.235 e. The first kappa shape index (κ1) is 14.9. The molecule has 5 heteroatoms. The van der Waals surface area contributed by atoms with Gasteiger partial charge in [0.2, 0.25) is 5.91 Å². The van der Waals surface area contributed by atoms with Gasteiger partial charge in [0.25, 0.3) is 0 Å². The summed E-state index contributed by atoms with van der Waals surface area (Å²) in [5.41, 5.74) is -0.678. The van der Waals surface area contributed by atoms with E-state index < -0.39 is 5.54 Å². The van der Waals surface area contributed by atoms with Gasteiger partial charge in [-0.1, -0.05) is 0 Å². The molecule has 0 aliphatic heterocycles. The van der Waals surface area contributed by atoms with Crippen LogP contribution in [0, 0.1) is 17.2 Å². The van der Waals surface area contributed by atoms with Gasteiger partial charge in [-0.25, -0.2) is 0 Å². The first-order chi connectivity index (χ1) is 8.51. The molecular weight excluding hydrogens is 228 g/mol. The molecule has 1 amide bonds. The number of hydrogen-bond donors (Lipinski definition) is 2. The number of hydrogen-bond acceptors (Lipinski definition) is 4. The lowest BCUT2D eigenvalue weighted by Gasteiger charge is -2.24. The summed E-state index contributed by atoms with van der Waals surface area (Å²) in [6.45, 7) is 4.00. The van der Waals surface area contributed by atoms with Crippen LogP contribution < -0.4 is 10.6 Å². The highest BCUT2D eigenvalue weighted by atomic mass is 16.2. The van der Waals surface area contributed by atoms with E-state index in [0.29, 0.717) is 12.5 Å². The highest BCUT2D eigenvalue weighted by Gasteiger charge is 2.42. The highest BCUT2D eigenvalue weighted by Crippen LogP contribution is 2.39. The second-order valence-electron chi connectivity index (χ2n) is 5.33. The molecule has 0 heterocycles. The molecular formula is C13H24N4O. The molecule has 0 spiro atoms. The van der Waals surface area contributed by atoms with Gasteiger partial charge in [0, 0.05) is 0 Å². The topological polar surface area (TPSA) is 68.2 Å². The van der Waals surface area contributed by atoms with Gasteiger partial charge in [-0.3, -0.25) is 9.69 Å². The van der Waals surface area contributed by atoms with E-state index in [4.69, 9.17) is 5.26 Å². The van der Waals surface area contributed by atoms with Crippen LogP contribution >= 0.6 is 0 Å². The Morgan fingerprint density at radius 1 is 1.56 bits per heavy atom. The van der Waals surface area contributed by atoms with Gasteiger partial charge in [-0.2, -0.15) is 5.26 Å². The maximum atomic E-state index is 11.9. The highest BCUT2D eigenvalue weighted by molar-refractivity contribution is 5.79. The minimum absolute atomic E-state index is 0.0575. The molecule has 1 fully saturated rings. The second-order valence-corrected chi connectivity index (χ2v) is 5.33. The first-order valence-electron chi connectivity index (χ1n) is 6.57. The van der Waals surface area contributed by atoms with Gasteiger partial charge >= 0.3 is 0 Å². The van der Waals surface area contributed by atoms with Gasteiger partial charge in [-0.05, 0) is 59.3 Å². The van der Waals surface area contributed by atoms with E-state index in [1.807, 2.05) is 25.9 Å². The van der Waals surface area contributed by atoms with Crippen LogP contribution in [0.2, 0.25) is 0 Å². The molecule has 0 aromatic rings. The molecule has 1 unspecified atom stereocenters. The number of nitrogens with one attached hydrogen (secondary N) is 2. The molecule has 0 saturated heterocycles. The van der Waals surface area contributed by atoms with Gasteiger partial charge < -0.3 is 10.6 Å². The SMILES string of the molecule is CNCCCN(C)CC(=O)NC(C)(C#N)C1CC1. The number of likely N-dealkylation sites (N-methyl/N-ethyl adjacent to an activating group) is 1. The molecule has 0 aromatic heterocycles. The summed E-state index contributed by atoms with van der Waals surface area (Å²) in [4.78, 5) is 13.9. The summed E-state index contributed by atoms with van der Waals surface area (Å²) in [5.74, 6) is 0.277. The fraction of sp³-hybridized carbons (Fsp3) is 0.846. The van der Waals surface area contributed by atoms with Crippen molar-refractivity contribution in [1.29, 1.82) is 5.26 Å². The Morgan fingerprint density at radius 3 is 2.72 bits per heavy atom. The molecule has 1 saturated carbocycles. The molecule has 1 atom stereocenters. The Balaban J connectivity index is 2.30. The Bertz CT molecular complexity index is 321. The van der Waals surface area contributed by atoms with Crippen molar-refractivity contribution < 1.29 is 4.79 Å². The van der Waals surface area contributed by atoms with Gasteiger partial charge in [0.1, 0.15) is 5.54 Å². The zero-order chi connectivity index (χ0) is 13.6. The average Bonchev–Trinajstić information content (AvgIpc) is 3.13. The minimum atomic E-state index is -0.678. The molecule has 0 bridgehead atoms. The molecule has 102 valence electrons. The Labute approximate surface area is 110 Å². The largest absolute Gasteiger partial charge is 0.337 e. The molecule has 18 heavy (non-hydrogen) atoms. The van der Waals surface area contributed by atoms with Gasteiger partial charge in [-0.15, -0.1) is 0 Å². The molecule has 2 N–H and O–H groups in total. The van der Waals surface area contributed by atoms with E-state index >= 15 is 0 Å². The normalized spacial score (nSPS) is 18.2. The average molecular weight is 252 g/mol. The number of amides is 1. The van der Waals surface area contributed by atoms with Crippen LogP contribution in [0.4, 0.5) is 0 Å². The maximum Gasteiger partial charge on any atom is 0.235 e. The first-order valence-corrected chi connectivity index (χ1v) is 6.57. The molecule has 1 aliphatic rings. The molecule has 1 aliphatic carbocycles. The molecule has 1 rings (SSSR count). The third-order valence-electron chi connectivity index (χ3n) is 3.41. The van der Waals surface area contributed by atoms with Crippen molar-refractivity contribution in [3.05, 3.63) is 0 Å². The van der Waals surface area contributed by atoms with E-state index in [-0.39, 0.29) is 5.91 Å². The van der Waals surface area contributed by atoms with E-state index in [9.17, 15) is 4.79 Å². The third-order valence-corrected chi connectivity index (χ3v) is 3.41. The quantitative estimate of drug-likeness (QED) is 0.611. The summed E-state index contributed by atoms with van der Waals surface area (Å²) < 4.78 is 0. The predicted octanol–water partition coefficient (Wildman–Crippen LogP) is 0.336. The Hall–Kier alpha value is -1.12. The van der Waals surface area contributed by atoms with Crippen molar-refractivity contribution in [2.24, 2.45) is 5.92 Å². The standard InChI is InChI=1S/C13H24N4O/c1-13(10-14,11-5-6-11)16-12(18)9-17(3)8-4-7-15-2/h11,15H,4-9H2,1-3H3,(H,16,18). The lowest BCUT2D eigenvalue weighted by Crippen LogP contribution is -2.49. The van der Waals surface area contributed by atoms with Crippen molar-refractivity contribution >= 4 is 5.91 Å². The lowest BCUT2D eigenvalue weighted by atomic mass is 9.98. The zero-order valence-electron chi connectivity index (χ0n) is 11.6. The molecule has 5 nitrogen and oxygen atoms in total. The van der Waals surface area contributed by atoms with E-state index in [0.717, 1.165) is 32.4 Å². The number of carbonyl (C=O) groups is 1. The Morgan fingerprint density at radius 2 is 2.22 bits per heavy atom. The summed E-state index contributed by atoms with van der Waals surface area (Å²) in [5, 5.41) is 15.1. The molecule has 0 aromatic carbocycles. The number of carbonyl (C=O) groups excluding carboxylic acids is 1. The van der Waals surface area contributed by atoms with Gasteiger partial charge in [0.15, 0.2) is 0 Å². The summed E-state index contributed by atoms with van der Waals surface area (Å²) in [7, 11) is 3.84. The van der Waals surface area contributed by atoms with Crippen LogP contribution in [-0.4, -0.2) is 50.1 Å². The number of nitriles is 1. The third kappa shape index (κ3) is 4.63. The van der Waals surface area contributed by atoms with Crippen LogP contribution in [-0.2, 0) is 4.79 Å². The zero-order valence-corrected chi connectivity index (χ0v) is 11.6. The van der Waals surface area contributed by atoms with Crippen molar-refractivity contribution in [2.45, 2.75) is 31.7 Å². The molecule has 0 radical (unpaired) electrons. The van der Waals surface area contributed by atoms with Crippen molar-refractivity contribution in [3.8, 4) is 6.07 Å². The summed E-state index contributed by atoms with van der Waals surface area (Å²) >= 11 is 0. The van der Waals surface area contributed by atoms with Gasteiger partial charge in [0.05, 0.1) is 12.6 Å². The monoisotopic (exact) mass is 252 g/mol. The van der Waals surface area contributed by atoms with E-state index in [2.05, 4.69) is 16.7 Å². The van der Waals surface area contributed by atoms with Crippen LogP contribution in [0.1, 0.15) is 26.2 Å². The van der Waals surface area contributed by atoms with Crippen molar-refractivity contribution in [2.75, 3.05) is 33.7 Å². The number of nitrogens with zero attached hydrogens (tertiary/aromatic N) is 2.